The molecule has 5 rings (SSSR count). The van der Waals surface area contributed by atoms with Gasteiger partial charge in [0.15, 0.2) is 5.82 Å². The number of para-hydroxylation sites is 1. The molecule has 0 radical (unpaired) electrons. The van der Waals surface area contributed by atoms with Gasteiger partial charge in [0.1, 0.15) is 5.69 Å². The van der Waals surface area contributed by atoms with Gasteiger partial charge in [0, 0.05) is 35.5 Å². The van der Waals surface area contributed by atoms with Gasteiger partial charge in [0.2, 0.25) is 5.91 Å². The van der Waals surface area contributed by atoms with Gasteiger partial charge in [0.05, 0.1) is 0 Å². The zero-order chi connectivity index (χ0) is 19.1. The van der Waals surface area contributed by atoms with E-state index in [0.29, 0.717) is 24.7 Å². The van der Waals surface area contributed by atoms with E-state index in [1.54, 1.807) is 0 Å². The van der Waals surface area contributed by atoms with Gasteiger partial charge in [-0.05, 0) is 36.2 Å². The Labute approximate surface area is 162 Å². The van der Waals surface area contributed by atoms with Crippen LogP contribution in [0.3, 0.4) is 0 Å². The molecule has 6 heteroatoms. The predicted octanol–water partition coefficient (Wildman–Crippen LogP) is 4.30. The summed E-state index contributed by atoms with van der Waals surface area (Å²) in [5.74, 6) is 1.05. The molecule has 0 spiro atoms. The fourth-order valence-corrected chi connectivity index (χ4v) is 3.74. The van der Waals surface area contributed by atoms with Crippen LogP contribution in [0.4, 0.5) is 5.69 Å². The van der Waals surface area contributed by atoms with E-state index in [1.807, 2.05) is 47.4 Å². The molecule has 3 heterocycles. The molecule has 1 aliphatic heterocycles. The van der Waals surface area contributed by atoms with Crippen molar-refractivity contribution in [1.82, 2.24) is 15.1 Å². The molecule has 1 N–H and O–H groups in total. The number of carbonyl (C=O) groups is 1. The summed E-state index contributed by atoms with van der Waals surface area (Å²) in [7, 11) is 0. The molecule has 1 fully saturated rings. The summed E-state index contributed by atoms with van der Waals surface area (Å²) in [6.07, 6.45) is 1.37. The molecule has 0 aliphatic carbocycles. The minimum atomic E-state index is -0.0692. The zero-order valence-corrected chi connectivity index (χ0v) is 15.6. The van der Waals surface area contributed by atoms with Crippen LogP contribution in [0.2, 0.25) is 0 Å². The molecule has 0 bridgehead atoms. The summed E-state index contributed by atoms with van der Waals surface area (Å²) < 4.78 is 5.48. The number of hydrogen-bond acceptors (Lipinski definition) is 4. The lowest BCUT2D eigenvalue weighted by Gasteiger charge is -2.16. The lowest BCUT2D eigenvalue weighted by atomic mass is 10.1. The molecule has 4 aromatic rings. The van der Waals surface area contributed by atoms with E-state index in [0.717, 1.165) is 28.7 Å². The normalized spacial score (nSPS) is 17.0. The number of benzene rings is 2. The Hall–Kier alpha value is -3.41. The Bertz CT molecular complexity index is 1110. The summed E-state index contributed by atoms with van der Waals surface area (Å²) in [5, 5.41) is 5.24. The molecule has 6 nitrogen and oxygen atoms in total. The molecular formula is C22H20N4O2. The molecule has 0 saturated carbocycles. The van der Waals surface area contributed by atoms with Crippen LogP contribution in [0.15, 0.2) is 59.1 Å². The first kappa shape index (κ1) is 16.7. The molecule has 0 unspecified atom stereocenters. The summed E-state index contributed by atoms with van der Waals surface area (Å²) in [6.45, 7) is 2.68. The molecule has 1 amide bonds. The van der Waals surface area contributed by atoms with Gasteiger partial charge < -0.3 is 14.4 Å². The second-order valence-corrected chi connectivity index (χ2v) is 7.15. The largest absolute Gasteiger partial charge is 0.351 e. The van der Waals surface area contributed by atoms with E-state index in [9.17, 15) is 4.79 Å². The van der Waals surface area contributed by atoms with Crippen LogP contribution in [-0.4, -0.2) is 27.6 Å². The number of aromatic nitrogens is 3. The van der Waals surface area contributed by atoms with Crippen molar-refractivity contribution in [1.29, 1.82) is 0 Å². The van der Waals surface area contributed by atoms with E-state index in [2.05, 4.69) is 34.2 Å². The van der Waals surface area contributed by atoms with Gasteiger partial charge in [-0.25, -0.2) is 0 Å². The Morgan fingerprint density at radius 1 is 1.18 bits per heavy atom. The van der Waals surface area contributed by atoms with Crippen molar-refractivity contribution in [3.63, 3.8) is 0 Å². The number of fused-ring (bicyclic) bond motifs is 1. The quantitative estimate of drug-likeness (QED) is 0.579. The number of H-pyrrole nitrogens is 1. The van der Waals surface area contributed by atoms with E-state index in [-0.39, 0.29) is 11.8 Å². The molecule has 1 saturated heterocycles. The van der Waals surface area contributed by atoms with Crippen LogP contribution in [0.1, 0.15) is 30.7 Å². The SMILES string of the molecule is CCc1ccc(N2C[C@@H](c3noc(-c4cc5ccccc5[nH]4)n3)CC2=O)cc1. The molecule has 140 valence electrons. The molecule has 1 aliphatic rings. The molecule has 1 atom stereocenters. The number of aromatic amines is 1. The summed E-state index contributed by atoms with van der Waals surface area (Å²) in [5.41, 5.74) is 3.99. The third-order valence-corrected chi connectivity index (χ3v) is 5.35. The van der Waals surface area contributed by atoms with Crippen molar-refractivity contribution >= 4 is 22.5 Å². The van der Waals surface area contributed by atoms with E-state index in [1.165, 1.54) is 5.56 Å². The molecular weight excluding hydrogens is 352 g/mol. The second kappa shape index (κ2) is 6.64. The van der Waals surface area contributed by atoms with Crippen molar-refractivity contribution < 1.29 is 9.32 Å². The third-order valence-electron chi connectivity index (χ3n) is 5.35. The third kappa shape index (κ3) is 2.87. The highest BCUT2D eigenvalue weighted by atomic mass is 16.5. The van der Waals surface area contributed by atoms with E-state index in [4.69, 9.17) is 4.52 Å². The number of carbonyl (C=O) groups excluding carboxylic acids is 1. The van der Waals surface area contributed by atoms with E-state index >= 15 is 0 Å². The monoisotopic (exact) mass is 372 g/mol. The Kier molecular flexibility index (Phi) is 3.97. The maximum absolute atomic E-state index is 12.5. The van der Waals surface area contributed by atoms with E-state index < -0.39 is 0 Å². The Balaban J connectivity index is 1.37. The fourth-order valence-electron chi connectivity index (χ4n) is 3.74. The fraction of sp³-hybridized carbons (Fsp3) is 0.227. The molecule has 2 aromatic carbocycles. The maximum atomic E-state index is 12.5. The number of nitrogens with zero attached hydrogens (tertiary/aromatic N) is 3. The first-order chi connectivity index (χ1) is 13.7. The zero-order valence-electron chi connectivity index (χ0n) is 15.6. The van der Waals surface area contributed by atoms with Gasteiger partial charge in [-0.2, -0.15) is 4.98 Å². The topological polar surface area (TPSA) is 75.0 Å². The van der Waals surface area contributed by atoms with Crippen molar-refractivity contribution in [2.75, 3.05) is 11.4 Å². The summed E-state index contributed by atoms with van der Waals surface area (Å²) in [4.78, 5) is 22.2. The minimum absolute atomic E-state index is 0.0692. The first-order valence-electron chi connectivity index (χ1n) is 9.52. The minimum Gasteiger partial charge on any atom is -0.351 e. The van der Waals surface area contributed by atoms with Gasteiger partial charge >= 0.3 is 0 Å². The van der Waals surface area contributed by atoms with Crippen LogP contribution >= 0.6 is 0 Å². The van der Waals surface area contributed by atoms with Gasteiger partial charge in [0.25, 0.3) is 5.89 Å². The van der Waals surface area contributed by atoms with Crippen LogP contribution in [0.25, 0.3) is 22.5 Å². The molecule has 28 heavy (non-hydrogen) atoms. The predicted molar refractivity (Wildman–Crippen MR) is 107 cm³/mol. The average Bonchev–Trinajstić information content (AvgIpc) is 3.45. The number of aryl methyl sites for hydroxylation is 1. The standard InChI is InChI=1S/C22H20N4O2/c1-2-14-7-9-17(10-8-14)26-13-16(12-20(26)27)21-24-22(28-25-21)19-11-15-5-3-4-6-18(15)23-19/h3-11,16,23H,2,12-13H2,1H3/t16-/m0/s1. The smallest absolute Gasteiger partial charge is 0.274 e. The van der Waals surface area contributed by atoms with Gasteiger partial charge in [-0.15, -0.1) is 0 Å². The average molecular weight is 372 g/mol. The Morgan fingerprint density at radius 3 is 2.79 bits per heavy atom. The number of amides is 1. The number of rotatable bonds is 4. The highest BCUT2D eigenvalue weighted by molar-refractivity contribution is 5.96. The van der Waals surface area contributed by atoms with Crippen molar-refractivity contribution in [2.24, 2.45) is 0 Å². The maximum Gasteiger partial charge on any atom is 0.274 e. The van der Waals surface area contributed by atoms with Crippen molar-refractivity contribution in [2.45, 2.75) is 25.7 Å². The molecule has 2 aromatic heterocycles. The summed E-state index contributed by atoms with van der Waals surface area (Å²) >= 11 is 0. The lowest BCUT2D eigenvalue weighted by molar-refractivity contribution is -0.117. The number of hydrogen-bond donors (Lipinski definition) is 1. The Morgan fingerprint density at radius 2 is 2.00 bits per heavy atom. The lowest BCUT2D eigenvalue weighted by Crippen LogP contribution is -2.24. The van der Waals surface area contributed by atoms with Crippen LogP contribution in [0.5, 0.6) is 0 Å². The number of anilines is 1. The van der Waals surface area contributed by atoms with Crippen LogP contribution in [-0.2, 0) is 11.2 Å². The second-order valence-electron chi connectivity index (χ2n) is 7.15. The van der Waals surface area contributed by atoms with Gasteiger partial charge in [-0.1, -0.05) is 42.4 Å². The van der Waals surface area contributed by atoms with Crippen molar-refractivity contribution in [3.8, 4) is 11.6 Å². The summed E-state index contributed by atoms with van der Waals surface area (Å²) in [6, 6.07) is 18.1. The van der Waals surface area contributed by atoms with Gasteiger partial charge in [-0.3, -0.25) is 4.79 Å². The van der Waals surface area contributed by atoms with Crippen LogP contribution < -0.4 is 4.90 Å². The van der Waals surface area contributed by atoms with Crippen LogP contribution in [0, 0.1) is 0 Å². The highest BCUT2D eigenvalue weighted by Gasteiger charge is 2.34. The highest BCUT2D eigenvalue weighted by Crippen LogP contribution is 2.32. The number of nitrogens with one attached hydrogen (secondary N) is 1. The first-order valence-corrected chi connectivity index (χ1v) is 9.52. The van der Waals surface area contributed by atoms with Crippen molar-refractivity contribution in [3.05, 3.63) is 66.0 Å².